The van der Waals surface area contributed by atoms with Crippen LogP contribution >= 0.6 is 11.6 Å². The number of hydrogen-bond acceptors (Lipinski definition) is 2. The zero-order valence-corrected chi connectivity index (χ0v) is 11.6. The van der Waals surface area contributed by atoms with Crippen LogP contribution in [0.15, 0.2) is 54.4 Å². The Morgan fingerprint density at radius 2 is 1.52 bits per heavy atom. The molecule has 1 fully saturated rings. The molecule has 0 spiro atoms. The van der Waals surface area contributed by atoms with Gasteiger partial charge in [0.05, 0.1) is 18.4 Å². The van der Waals surface area contributed by atoms with Crippen molar-refractivity contribution in [2.75, 3.05) is 33.0 Å². The Bertz CT molecular complexity index is 1170. The monoisotopic (exact) mass is 317 g/mol. The van der Waals surface area contributed by atoms with Gasteiger partial charge >= 0.3 is 0 Å². The Labute approximate surface area is 155 Å². The van der Waals surface area contributed by atoms with Gasteiger partial charge in [0.15, 0.2) is 0 Å². The molecule has 2 aromatic rings. The van der Waals surface area contributed by atoms with Crippen LogP contribution in [0.1, 0.15) is 40.5 Å². The van der Waals surface area contributed by atoms with Crippen LogP contribution in [0.25, 0.3) is 0 Å². The molecule has 3 rings (SSSR count). The van der Waals surface area contributed by atoms with E-state index < -0.39 is 103 Å². The molecule has 110 valence electrons. The van der Waals surface area contributed by atoms with E-state index >= 15 is 0 Å². The molecule has 3 heteroatoms. The molecule has 0 bridgehead atoms. The maximum atomic E-state index is 8.63. The van der Waals surface area contributed by atoms with E-state index in [-0.39, 0.29) is 9.80 Å². The highest BCUT2D eigenvalue weighted by atomic mass is 35.5. The third kappa shape index (κ3) is 3.46. The lowest BCUT2D eigenvalue weighted by Gasteiger charge is -2.38. The van der Waals surface area contributed by atoms with Gasteiger partial charge in [-0.05, 0) is 30.3 Å². The lowest BCUT2D eigenvalue weighted by Crippen LogP contribution is -2.46. The third-order valence-electron chi connectivity index (χ3n) is 2.61. The summed E-state index contributed by atoms with van der Waals surface area (Å²) in [4.78, 5) is 0.110. The van der Waals surface area contributed by atoms with Crippen molar-refractivity contribution in [2.45, 2.75) is 6.04 Å². The Hall–Kier alpha value is -1.35. The summed E-state index contributed by atoms with van der Waals surface area (Å²) in [5.41, 5.74) is -1.81. The minimum absolute atomic E-state index is 0.0634. The summed E-state index contributed by atoms with van der Waals surface area (Å²) < 4.78 is 142. The molecule has 1 unspecified atom stereocenters. The van der Waals surface area contributed by atoms with Gasteiger partial charge in [0.25, 0.3) is 0 Å². The van der Waals surface area contributed by atoms with E-state index in [0.29, 0.717) is 0 Å². The predicted molar refractivity (Wildman–Crippen MR) is 88.8 cm³/mol. The van der Waals surface area contributed by atoms with E-state index in [1.165, 1.54) is 0 Å². The van der Waals surface area contributed by atoms with Crippen LogP contribution in [0, 0.1) is 0 Å². The third-order valence-corrected chi connectivity index (χ3v) is 2.80. The van der Waals surface area contributed by atoms with Crippen molar-refractivity contribution in [1.82, 2.24) is 9.80 Å². The first-order valence-corrected chi connectivity index (χ1v) is 6.24. The van der Waals surface area contributed by atoms with Crippen molar-refractivity contribution >= 4 is 11.6 Å². The molecule has 2 nitrogen and oxygen atoms in total. The molecule has 0 amide bonds. The van der Waals surface area contributed by atoms with Gasteiger partial charge in [-0.1, -0.05) is 53.9 Å². The van der Waals surface area contributed by atoms with Crippen LogP contribution in [-0.2, 0) is 0 Å². The number of likely N-dealkylation sites (N-methyl/N-ethyl adjacent to an activating group) is 1. The van der Waals surface area contributed by atoms with Gasteiger partial charge in [-0.2, -0.15) is 0 Å². The number of benzene rings is 2. The first-order chi connectivity index (χ1) is 17.0. The maximum Gasteiger partial charge on any atom is 0.0639 e. The molecule has 0 aromatic heterocycles. The molecule has 1 atom stereocenters. The van der Waals surface area contributed by atoms with Crippen molar-refractivity contribution in [2.24, 2.45) is 0 Å². The number of hydrogen-bond donors (Lipinski definition) is 0. The molecule has 1 aliphatic heterocycles. The second kappa shape index (κ2) is 6.61. The van der Waals surface area contributed by atoms with E-state index in [1.54, 1.807) is 0 Å². The fourth-order valence-corrected chi connectivity index (χ4v) is 1.78. The fraction of sp³-hybridized carbons (Fsp3) is 0.333. The van der Waals surface area contributed by atoms with Gasteiger partial charge < -0.3 is 4.90 Å². The summed E-state index contributed by atoms with van der Waals surface area (Å²) in [6.45, 7) is -13.8. The van der Waals surface area contributed by atoms with E-state index in [4.69, 9.17) is 34.9 Å². The number of halogens is 1. The molecule has 0 aliphatic carbocycles. The average Bonchev–Trinajstić information content (AvgIpc) is 2.82. The van der Waals surface area contributed by atoms with E-state index in [1.807, 2.05) is 0 Å². The summed E-state index contributed by atoms with van der Waals surface area (Å²) in [7, 11) is 0.796. The van der Waals surface area contributed by atoms with Gasteiger partial charge in [0, 0.05) is 42.0 Å². The first-order valence-electron chi connectivity index (χ1n) is 14.4. The van der Waals surface area contributed by atoms with Crippen LogP contribution in [0.4, 0.5) is 0 Å². The Morgan fingerprint density at radius 1 is 0.952 bits per heavy atom. The second-order valence-electron chi connectivity index (χ2n) is 4.05. The van der Waals surface area contributed by atoms with E-state index in [2.05, 4.69) is 0 Å². The zero-order chi connectivity index (χ0) is 29.7. The van der Waals surface area contributed by atoms with Crippen molar-refractivity contribution in [3.63, 3.8) is 0 Å². The first kappa shape index (κ1) is 4.58. The van der Waals surface area contributed by atoms with Crippen LogP contribution in [0.3, 0.4) is 0 Å². The van der Waals surface area contributed by atoms with Crippen molar-refractivity contribution in [1.29, 1.82) is 0 Å². The van der Waals surface area contributed by atoms with Crippen LogP contribution in [0.5, 0.6) is 0 Å². The highest BCUT2D eigenvalue weighted by Gasteiger charge is 2.25. The van der Waals surface area contributed by atoms with Crippen LogP contribution in [0.2, 0.25) is 5.02 Å². The van der Waals surface area contributed by atoms with E-state index in [0.717, 1.165) is 7.05 Å². The van der Waals surface area contributed by atoms with Gasteiger partial charge in [0.2, 0.25) is 0 Å². The fourth-order valence-electron chi connectivity index (χ4n) is 1.69. The molecule has 1 aliphatic rings. The summed E-state index contributed by atoms with van der Waals surface area (Å²) in [6.07, 6.45) is 0. The molecule has 0 N–H and O–H groups in total. The Kier molecular flexibility index (Phi) is 1.44. The molecular formula is C18H21ClN2. The SMILES string of the molecule is [2H]c1c([2H])c([2H])c(C(c2c([2H])c([2H])c(Cl)c([2H])c2[2H])N2C([2H])([2H])C([2H])([2H])N(C)C([2H])([2H])C2([2H])[2H])c([2H])c1[2H]. The van der Waals surface area contributed by atoms with E-state index in [9.17, 15) is 0 Å². The normalized spacial score (nSPS) is 39.8. The van der Waals surface area contributed by atoms with Crippen LogP contribution < -0.4 is 0 Å². The highest BCUT2D eigenvalue weighted by molar-refractivity contribution is 6.30. The molecule has 21 heavy (non-hydrogen) atoms. The summed E-state index contributed by atoms with van der Waals surface area (Å²) >= 11 is 5.89. The van der Waals surface area contributed by atoms with Gasteiger partial charge in [0.1, 0.15) is 0 Å². The molecular weight excluding hydrogens is 280 g/mol. The quantitative estimate of drug-likeness (QED) is 0.852. The number of nitrogens with zero attached hydrogens (tertiary/aromatic N) is 2. The predicted octanol–water partition coefficient (Wildman–Crippen LogP) is 3.68. The van der Waals surface area contributed by atoms with Crippen molar-refractivity contribution in [3.8, 4) is 0 Å². The lowest BCUT2D eigenvalue weighted by molar-refractivity contribution is 0.127. The minimum atomic E-state index is -3.56. The molecule has 1 heterocycles. The number of rotatable bonds is 3. The lowest BCUT2D eigenvalue weighted by atomic mass is 9.96. The molecule has 0 saturated carbocycles. The summed E-state index contributed by atoms with van der Waals surface area (Å²) in [6, 6.07) is -11.0. The molecule has 1 saturated heterocycles. The number of piperazine rings is 1. The maximum absolute atomic E-state index is 8.63. The Morgan fingerprint density at radius 3 is 2.14 bits per heavy atom. The van der Waals surface area contributed by atoms with Crippen molar-refractivity contribution in [3.05, 3.63) is 70.5 Å². The summed E-state index contributed by atoms with van der Waals surface area (Å²) in [5, 5.41) is -0.668. The molecule has 0 radical (unpaired) electrons. The average molecular weight is 318 g/mol. The largest absolute Gasteiger partial charge is 0.304 e. The molecule has 2 aromatic carbocycles. The zero-order valence-electron chi connectivity index (χ0n) is 27.8. The van der Waals surface area contributed by atoms with Gasteiger partial charge in [-0.15, -0.1) is 0 Å². The van der Waals surface area contributed by atoms with Gasteiger partial charge in [-0.25, -0.2) is 0 Å². The minimum Gasteiger partial charge on any atom is -0.304 e. The Balaban J connectivity index is 2.67. The van der Waals surface area contributed by atoms with Gasteiger partial charge in [-0.3, -0.25) is 4.90 Å². The standard InChI is InChI=1S/C18H21ClN2/c1-20-11-13-21(14-12-20)18(15-5-3-2-4-6-15)16-7-9-17(19)10-8-16/h2-10,18H,11-14H2,1H3/i2D,3D,4D,5D,6D,7D,8D,9D,10D,11D2,12D2,13D2,14D2. The second-order valence-corrected chi connectivity index (χ2v) is 4.42. The summed E-state index contributed by atoms with van der Waals surface area (Å²) in [5.74, 6) is 0. The topological polar surface area (TPSA) is 6.48 Å². The highest BCUT2D eigenvalue weighted by Crippen LogP contribution is 2.30. The van der Waals surface area contributed by atoms with Crippen LogP contribution in [-0.4, -0.2) is 42.8 Å². The van der Waals surface area contributed by atoms with Crippen molar-refractivity contribution < 1.29 is 23.3 Å². The smallest absolute Gasteiger partial charge is 0.0639 e.